The molecule has 0 saturated carbocycles. The normalized spacial score (nSPS) is 11.7. The zero-order chi connectivity index (χ0) is 15.1. The maximum absolute atomic E-state index is 12.2. The average molecular weight is 283 g/mol. The van der Waals surface area contributed by atoms with Crippen LogP contribution in [0, 0.1) is 0 Å². The van der Waals surface area contributed by atoms with Crippen molar-refractivity contribution in [2.75, 3.05) is 11.9 Å². The summed E-state index contributed by atoms with van der Waals surface area (Å²) in [6, 6.07) is 17.3. The topological polar surface area (TPSA) is 38.3 Å². The van der Waals surface area contributed by atoms with Crippen LogP contribution >= 0.6 is 0 Å². The number of rotatable bonds is 6. The Hall–Kier alpha value is -2.29. The van der Waals surface area contributed by atoms with Crippen LogP contribution in [0.1, 0.15) is 31.0 Å². The average Bonchev–Trinajstić information content (AvgIpc) is 2.54. The van der Waals surface area contributed by atoms with Gasteiger partial charge >= 0.3 is 5.97 Å². The molecule has 3 nitrogen and oxygen atoms in total. The lowest BCUT2D eigenvalue weighted by Crippen LogP contribution is -2.23. The predicted molar refractivity (Wildman–Crippen MR) is 85.3 cm³/mol. The van der Waals surface area contributed by atoms with Gasteiger partial charge in [-0.2, -0.15) is 0 Å². The number of hydrogen-bond donors (Lipinski definition) is 1. The summed E-state index contributed by atoms with van der Waals surface area (Å²) < 4.78 is 5.19. The highest BCUT2D eigenvalue weighted by Crippen LogP contribution is 2.22. The van der Waals surface area contributed by atoms with E-state index in [1.54, 1.807) is 0 Å². The molecule has 21 heavy (non-hydrogen) atoms. The van der Waals surface area contributed by atoms with Crippen LogP contribution < -0.4 is 5.32 Å². The fraction of sp³-hybridized carbons (Fsp3) is 0.278. The predicted octanol–water partition coefficient (Wildman–Crippen LogP) is 3.97. The molecule has 110 valence electrons. The Balaban J connectivity index is 2.25. The third kappa shape index (κ3) is 4.09. The second kappa shape index (κ2) is 7.48. The van der Waals surface area contributed by atoms with E-state index in [-0.39, 0.29) is 5.97 Å². The molecule has 0 aliphatic heterocycles. The van der Waals surface area contributed by atoms with Crippen LogP contribution in [0.3, 0.4) is 0 Å². The maximum atomic E-state index is 12.2. The van der Waals surface area contributed by atoms with Crippen LogP contribution in [0.5, 0.6) is 0 Å². The number of ether oxygens (including phenoxy) is 1. The minimum Gasteiger partial charge on any atom is -0.464 e. The molecule has 0 bridgehead atoms. The second-order valence-electron chi connectivity index (χ2n) is 4.79. The first-order valence-corrected chi connectivity index (χ1v) is 7.31. The van der Waals surface area contributed by atoms with E-state index in [1.807, 2.05) is 49.4 Å². The van der Waals surface area contributed by atoms with Gasteiger partial charge in [0.2, 0.25) is 0 Å². The Bertz CT molecular complexity index is 581. The van der Waals surface area contributed by atoms with Gasteiger partial charge in [0.25, 0.3) is 0 Å². The van der Waals surface area contributed by atoms with Gasteiger partial charge in [-0.05, 0) is 36.6 Å². The quantitative estimate of drug-likeness (QED) is 0.815. The molecule has 0 fully saturated rings. The van der Waals surface area contributed by atoms with E-state index >= 15 is 0 Å². The van der Waals surface area contributed by atoms with Crippen LogP contribution in [-0.2, 0) is 16.0 Å². The van der Waals surface area contributed by atoms with E-state index in [0.29, 0.717) is 6.61 Å². The standard InChI is InChI=1S/C18H21NO2/c1-3-14-9-8-12-16(13-14)19-17(18(20)21-4-2)15-10-6-5-7-11-15/h5-13,17,19H,3-4H2,1-2H3. The van der Waals surface area contributed by atoms with E-state index in [4.69, 9.17) is 4.74 Å². The number of hydrogen-bond acceptors (Lipinski definition) is 3. The lowest BCUT2D eigenvalue weighted by molar-refractivity contribution is -0.144. The van der Waals surface area contributed by atoms with Crippen LogP contribution in [0.2, 0.25) is 0 Å². The number of benzene rings is 2. The van der Waals surface area contributed by atoms with Crippen molar-refractivity contribution in [2.45, 2.75) is 26.3 Å². The first kappa shape index (κ1) is 15.1. The van der Waals surface area contributed by atoms with Crippen molar-refractivity contribution < 1.29 is 9.53 Å². The Labute approximate surface area is 126 Å². The molecule has 0 aromatic heterocycles. The van der Waals surface area contributed by atoms with Crippen LogP contribution in [0.15, 0.2) is 54.6 Å². The van der Waals surface area contributed by atoms with Gasteiger partial charge in [-0.3, -0.25) is 0 Å². The highest BCUT2D eigenvalue weighted by atomic mass is 16.5. The highest BCUT2D eigenvalue weighted by Gasteiger charge is 2.21. The van der Waals surface area contributed by atoms with Crippen molar-refractivity contribution in [3.05, 3.63) is 65.7 Å². The van der Waals surface area contributed by atoms with Gasteiger partial charge < -0.3 is 10.1 Å². The van der Waals surface area contributed by atoms with Gasteiger partial charge in [-0.15, -0.1) is 0 Å². The number of nitrogens with one attached hydrogen (secondary N) is 1. The largest absolute Gasteiger partial charge is 0.464 e. The Morgan fingerprint density at radius 1 is 1.10 bits per heavy atom. The molecule has 2 aromatic carbocycles. The molecule has 0 amide bonds. The molecular weight excluding hydrogens is 262 g/mol. The summed E-state index contributed by atoms with van der Waals surface area (Å²) in [5, 5.41) is 3.28. The fourth-order valence-electron chi connectivity index (χ4n) is 2.20. The molecule has 1 N–H and O–H groups in total. The van der Waals surface area contributed by atoms with E-state index in [0.717, 1.165) is 17.7 Å². The first-order chi connectivity index (χ1) is 10.2. The van der Waals surface area contributed by atoms with E-state index in [9.17, 15) is 4.79 Å². The highest BCUT2D eigenvalue weighted by molar-refractivity contribution is 5.81. The molecule has 1 atom stereocenters. The van der Waals surface area contributed by atoms with Crippen molar-refractivity contribution in [3.63, 3.8) is 0 Å². The van der Waals surface area contributed by atoms with Crippen molar-refractivity contribution in [1.82, 2.24) is 0 Å². The van der Waals surface area contributed by atoms with Crippen molar-refractivity contribution in [2.24, 2.45) is 0 Å². The Kier molecular flexibility index (Phi) is 5.38. The molecule has 0 aliphatic rings. The lowest BCUT2D eigenvalue weighted by atomic mass is 10.1. The molecule has 0 heterocycles. The van der Waals surface area contributed by atoms with E-state index < -0.39 is 6.04 Å². The molecule has 2 aromatic rings. The van der Waals surface area contributed by atoms with Crippen LogP contribution in [-0.4, -0.2) is 12.6 Å². The maximum Gasteiger partial charge on any atom is 0.333 e. The van der Waals surface area contributed by atoms with Gasteiger partial charge in [0, 0.05) is 5.69 Å². The molecule has 3 heteroatoms. The summed E-state index contributed by atoms with van der Waals surface area (Å²) in [6.45, 7) is 4.30. The molecule has 0 saturated heterocycles. The van der Waals surface area contributed by atoms with E-state index in [2.05, 4.69) is 24.4 Å². The third-order valence-electron chi connectivity index (χ3n) is 3.30. The number of aryl methyl sites for hydroxylation is 1. The SMILES string of the molecule is CCOC(=O)C(Nc1cccc(CC)c1)c1ccccc1. The van der Waals surface area contributed by atoms with Gasteiger partial charge in [0.05, 0.1) is 6.61 Å². The van der Waals surface area contributed by atoms with Crippen molar-refractivity contribution in [3.8, 4) is 0 Å². The number of carbonyl (C=O) groups is 1. The van der Waals surface area contributed by atoms with Gasteiger partial charge in [0.1, 0.15) is 0 Å². The molecule has 0 radical (unpaired) electrons. The fourth-order valence-corrected chi connectivity index (χ4v) is 2.20. The smallest absolute Gasteiger partial charge is 0.333 e. The van der Waals surface area contributed by atoms with E-state index in [1.165, 1.54) is 5.56 Å². The minimum atomic E-state index is -0.488. The van der Waals surface area contributed by atoms with Gasteiger partial charge in [-0.25, -0.2) is 4.79 Å². The number of anilines is 1. The van der Waals surface area contributed by atoms with Crippen molar-refractivity contribution >= 4 is 11.7 Å². The summed E-state index contributed by atoms with van der Waals surface area (Å²) in [5.41, 5.74) is 3.06. The van der Waals surface area contributed by atoms with Gasteiger partial charge in [-0.1, -0.05) is 49.4 Å². The summed E-state index contributed by atoms with van der Waals surface area (Å²) in [4.78, 5) is 12.2. The molecule has 2 rings (SSSR count). The van der Waals surface area contributed by atoms with Crippen LogP contribution in [0.4, 0.5) is 5.69 Å². The monoisotopic (exact) mass is 283 g/mol. The van der Waals surface area contributed by atoms with Crippen LogP contribution in [0.25, 0.3) is 0 Å². The Morgan fingerprint density at radius 3 is 2.52 bits per heavy atom. The Morgan fingerprint density at radius 2 is 1.86 bits per heavy atom. The number of carbonyl (C=O) groups excluding carboxylic acids is 1. The lowest BCUT2D eigenvalue weighted by Gasteiger charge is -2.19. The summed E-state index contributed by atoms with van der Waals surface area (Å²) in [7, 11) is 0. The number of esters is 1. The second-order valence-corrected chi connectivity index (χ2v) is 4.79. The minimum absolute atomic E-state index is 0.259. The van der Waals surface area contributed by atoms with Gasteiger partial charge in [0.15, 0.2) is 6.04 Å². The molecular formula is C18H21NO2. The summed E-state index contributed by atoms with van der Waals surface area (Å²) >= 11 is 0. The zero-order valence-electron chi connectivity index (χ0n) is 12.5. The summed E-state index contributed by atoms with van der Waals surface area (Å²) in [5.74, 6) is -0.259. The zero-order valence-corrected chi connectivity index (χ0v) is 12.5. The summed E-state index contributed by atoms with van der Waals surface area (Å²) in [6.07, 6.45) is 0.963. The molecule has 1 unspecified atom stereocenters. The van der Waals surface area contributed by atoms with Crippen molar-refractivity contribution in [1.29, 1.82) is 0 Å². The molecule has 0 spiro atoms. The third-order valence-corrected chi connectivity index (χ3v) is 3.30. The molecule has 0 aliphatic carbocycles. The first-order valence-electron chi connectivity index (χ1n) is 7.31.